The Kier molecular flexibility index (Phi) is 5.80. The Bertz CT molecular complexity index is 471. The maximum Gasteiger partial charge on any atom is 0.220 e. The van der Waals surface area contributed by atoms with Gasteiger partial charge in [0.1, 0.15) is 0 Å². The van der Waals surface area contributed by atoms with Crippen molar-refractivity contribution in [2.24, 2.45) is 0 Å². The molecule has 1 amide bonds. The van der Waals surface area contributed by atoms with Crippen LogP contribution in [0.1, 0.15) is 12.0 Å². The Labute approximate surface area is 108 Å². The zero-order chi connectivity index (χ0) is 13.4. The van der Waals surface area contributed by atoms with Crippen LogP contribution in [-0.4, -0.2) is 33.7 Å². The molecule has 1 aromatic rings. The molecule has 0 aliphatic heterocycles. The lowest BCUT2D eigenvalue weighted by Crippen LogP contribution is -2.33. The number of carbonyl (C=O) groups is 1. The van der Waals surface area contributed by atoms with Crippen LogP contribution in [0.4, 0.5) is 0 Å². The van der Waals surface area contributed by atoms with E-state index in [0.29, 0.717) is 12.8 Å². The van der Waals surface area contributed by atoms with Crippen molar-refractivity contribution < 1.29 is 13.2 Å². The Morgan fingerprint density at radius 1 is 1.22 bits per heavy atom. The number of carbonyl (C=O) groups excluding carboxylic acids is 1. The summed E-state index contributed by atoms with van der Waals surface area (Å²) in [5.41, 5.74) is 1.09. The maximum atomic E-state index is 11.5. The van der Waals surface area contributed by atoms with Gasteiger partial charge in [0.15, 0.2) is 0 Å². The summed E-state index contributed by atoms with van der Waals surface area (Å²) in [4.78, 5) is 11.5. The molecule has 1 rings (SSSR count). The van der Waals surface area contributed by atoms with E-state index in [1.807, 2.05) is 30.3 Å². The summed E-state index contributed by atoms with van der Waals surface area (Å²) in [6.07, 6.45) is 1.02. The first-order chi connectivity index (χ1) is 8.53. The summed E-state index contributed by atoms with van der Waals surface area (Å²) in [6, 6.07) is 9.68. The molecule has 0 heterocycles. The molecule has 2 N–H and O–H groups in total. The fourth-order valence-electron chi connectivity index (χ4n) is 1.42. The van der Waals surface area contributed by atoms with E-state index in [1.165, 1.54) is 7.05 Å². The van der Waals surface area contributed by atoms with E-state index < -0.39 is 10.0 Å². The molecule has 0 aliphatic carbocycles. The molecule has 0 aliphatic rings. The number of rotatable bonds is 7. The third kappa shape index (κ3) is 5.79. The van der Waals surface area contributed by atoms with Gasteiger partial charge in [-0.15, -0.1) is 0 Å². The topological polar surface area (TPSA) is 75.3 Å². The van der Waals surface area contributed by atoms with Gasteiger partial charge in [-0.25, -0.2) is 13.1 Å². The molecule has 0 spiro atoms. The highest BCUT2D eigenvalue weighted by Crippen LogP contribution is 2.01. The van der Waals surface area contributed by atoms with E-state index in [9.17, 15) is 13.2 Å². The molecule has 0 bridgehead atoms. The zero-order valence-electron chi connectivity index (χ0n) is 10.3. The van der Waals surface area contributed by atoms with Gasteiger partial charge >= 0.3 is 0 Å². The van der Waals surface area contributed by atoms with Crippen LogP contribution < -0.4 is 10.0 Å². The highest BCUT2D eigenvalue weighted by molar-refractivity contribution is 7.89. The smallest absolute Gasteiger partial charge is 0.220 e. The summed E-state index contributed by atoms with van der Waals surface area (Å²) >= 11 is 0. The molecule has 18 heavy (non-hydrogen) atoms. The van der Waals surface area contributed by atoms with Crippen molar-refractivity contribution in [1.29, 1.82) is 0 Å². The number of sulfonamides is 1. The average Bonchev–Trinajstić information content (AvgIpc) is 2.37. The summed E-state index contributed by atoms with van der Waals surface area (Å²) in [5.74, 6) is -0.231. The zero-order valence-corrected chi connectivity index (χ0v) is 11.2. The van der Waals surface area contributed by atoms with Crippen molar-refractivity contribution in [2.75, 3.05) is 19.3 Å². The van der Waals surface area contributed by atoms with Gasteiger partial charge in [0.2, 0.25) is 15.9 Å². The minimum absolute atomic E-state index is 0.0966. The average molecular weight is 270 g/mol. The monoisotopic (exact) mass is 270 g/mol. The van der Waals surface area contributed by atoms with Crippen molar-refractivity contribution in [3.8, 4) is 0 Å². The molecule has 0 radical (unpaired) electrons. The fourth-order valence-corrected chi connectivity index (χ4v) is 1.99. The van der Waals surface area contributed by atoms with E-state index in [0.717, 1.165) is 5.56 Å². The van der Waals surface area contributed by atoms with Crippen molar-refractivity contribution in [3.63, 3.8) is 0 Å². The van der Waals surface area contributed by atoms with Crippen LogP contribution in [0, 0.1) is 0 Å². The Morgan fingerprint density at radius 2 is 1.89 bits per heavy atom. The molecule has 5 nitrogen and oxygen atoms in total. The first kappa shape index (κ1) is 14.7. The lowest BCUT2D eigenvalue weighted by atomic mass is 10.1. The normalized spacial score (nSPS) is 11.2. The molecule has 0 fully saturated rings. The van der Waals surface area contributed by atoms with Crippen LogP contribution in [-0.2, 0) is 21.2 Å². The standard InChI is InChI=1S/C12H18N2O3S/c1-13-18(16,17)10-9-14-12(15)8-7-11-5-3-2-4-6-11/h2-6,13H,7-10H2,1H3,(H,14,15). The minimum atomic E-state index is -3.25. The van der Waals surface area contributed by atoms with Crippen LogP contribution >= 0.6 is 0 Å². The van der Waals surface area contributed by atoms with Crippen LogP contribution in [0.2, 0.25) is 0 Å². The second-order valence-electron chi connectivity index (χ2n) is 3.86. The summed E-state index contributed by atoms with van der Waals surface area (Å²) in [7, 11) is -1.89. The molecule has 1 aromatic carbocycles. The predicted molar refractivity (Wildman–Crippen MR) is 70.6 cm³/mol. The third-order valence-corrected chi connectivity index (χ3v) is 3.85. The number of benzene rings is 1. The van der Waals surface area contributed by atoms with Crippen LogP contribution in [0.5, 0.6) is 0 Å². The van der Waals surface area contributed by atoms with Gasteiger partial charge < -0.3 is 5.32 Å². The minimum Gasteiger partial charge on any atom is -0.355 e. The molecule has 100 valence electrons. The lowest BCUT2D eigenvalue weighted by molar-refractivity contribution is -0.120. The first-order valence-corrected chi connectivity index (χ1v) is 7.40. The Morgan fingerprint density at radius 3 is 2.50 bits per heavy atom. The lowest BCUT2D eigenvalue weighted by Gasteiger charge is -2.05. The van der Waals surface area contributed by atoms with Gasteiger partial charge in [0, 0.05) is 13.0 Å². The first-order valence-electron chi connectivity index (χ1n) is 5.75. The van der Waals surface area contributed by atoms with Crippen LogP contribution in [0.25, 0.3) is 0 Å². The highest BCUT2D eigenvalue weighted by atomic mass is 32.2. The van der Waals surface area contributed by atoms with Gasteiger partial charge in [-0.1, -0.05) is 30.3 Å². The second-order valence-corrected chi connectivity index (χ2v) is 5.90. The predicted octanol–water partition coefficient (Wildman–Crippen LogP) is 0.285. The summed E-state index contributed by atoms with van der Waals surface area (Å²) < 4.78 is 24.4. The highest BCUT2D eigenvalue weighted by Gasteiger charge is 2.07. The SMILES string of the molecule is CNS(=O)(=O)CCNC(=O)CCc1ccccc1. The Hall–Kier alpha value is -1.40. The largest absolute Gasteiger partial charge is 0.355 e. The fraction of sp³-hybridized carbons (Fsp3) is 0.417. The van der Waals surface area contributed by atoms with Gasteiger partial charge in [-0.05, 0) is 19.0 Å². The summed E-state index contributed by atoms with van der Waals surface area (Å²) in [6.45, 7) is 0.136. The molecule has 0 aromatic heterocycles. The van der Waals surface area contributed by atoms with Crippen molar-refractivity contribution in [1.82, 2.24) is 10.0 Å². The number of aryl methyl sites for hydroxylation is 1. The maximum absolute atomic E-state index is 11.5. The van der Waals surface area contributed by atoms with Gasteiger partial charge in [-0.2, -0.15) is 0 Å². The molecule has 0 atom stereocenters. The third-order valence-electron chi connectivity index (χ3n) is 2.49. The molecule has 6 heteroatoms. The van der Waals surface area contributed by atoms with E-state index in [4.69, 9.17) is 0 Å². The van der Waals surface area contributed by atoms with Gasteiger partial charge in [0.25, 0.3) is 0 Å². The van der Waals surface area contributed by atoms with Gasteiger partial charge in [-0.3, -0.25) is 4.79 Å². The molecule has 0 saturated heterocycles. The van der Waals surface area contributed by atoms with Crippen LogP contribution in [0.3, 0.4) is 0 Å². The second kappa shape index (κ2) is 7.13. The summed E-state index contributed by atoms with van der Waals surface area (Å²) in [5, 5.41) is 2.59. The van der Waals surface area contributed by atoms with Gasteiger partial charge in [0.05, 0.1) is 5.75 Å². The molecular weight excluding hydrogens is 252 g/mol. The van der Waals surface area contributed by atoms with Crippen molar-refractivity contribution in [2.45, 2.75) is 12.8 Å². The van der Waals surface area contributed by atoms with E-state index in [2.05, 4.69) is 10.0 Å². The van der Waals surface area contributed by atoms with Crippen molar-refractivity contribution >= 4 is 15.9 Å². The number of hydrogen-bond donors (Lipinski definition) is 2. The number of nitrogens with one attached hydrogen (secondary N) is 2. The molecule has 0 saturated carbocycles. The Balaban J connectivity index is 2.23. The van der Waals surface area contributed by atoms with Crippen LogP contribution in [0.15, 0.2) is 30.3 Å². The number of amides is 1. The van der Waals surface area contributed by atoms with Crippen molar-refractivity contribution in [3.05, 3.63) is 35.9 Å². The van der Waals surface area contributed by atoms with E-state index in [-0.39, 0.29) is 18.2 Å². The van der Waals surface area contributed by atoms with E-state index in [1.54, 1.807) is 0 Å². The molecular formula is C12H18N2O3S. The van der Waals surface area contributed by atoms with E-state index >= 15 is 0 Å². The number of hydrogen-bond acceptors (Lipinski definition) is 3. The molecule has 0 unspecified atom stereocenters. The quantitative estimate of drug-likeness (QED) is 0.747.